The highest BCUT2D eigenvalue weighted by molar-refractivity contribution is 5.87. The summed E-state index contributed by atoms with van der Waals surface area (Å²) in [7, 11) is 0. The second kappa shape index (κ2) is 7.22. The molecule has 6 heteroatoms. The largest absolute Gasteiger partial charge is 0.481 e. The Bertz CT molecular complexity index is 760. The fourth-order valence-electron chi connectivity index (χ4n) is 7.02. The number of carbonyl (C=O) groups is 3. The number of fused-ring (bicyclic) bond motifs is 5. The van der Waals surface area contributed by atoms with Crippen molar-refractivity contribution in [3.8, 4) is 0 Å². The second-order valence-electron chi connectivity index (χ2n) is 10.2. The smallest absolute Gasteiger partial charge is 0.323 e. The number of rotatable bonds is 4. The summed E-state index contributed by atoms with van der Waals surface area (Å²) in [5, 5.41) is 8.82. The summed E-state index contributed by atoms with van der Waals surface area (Å²) >= 11 is 0. The number of ether oxygens (including phenoxy) is 1. The number of hydrogen-bond donors (Lipinski definition) is 2. The van der Waals surface area contributed by atoms with Gasteiger partial charge in [0.25, 0.3) is 0 Å². The van der Waals surface area contributed by atoms with E-state index in [0.29, 0.717) is 30.0 Å². The maximum absolute atomic E-state index is 12.5. The van der Waals surface area contributed by atoms with Gasteiger partial charge in [-0.25, -0.2) is 0 Å². The molecule has 3 fully saturated rings. The first-order valence-electron chi connectivity index (χ1n) is 11.1. The third-order valence-electron chi connectivity index (χ3n) is 8.75. The molecule has 0 spiro atoms. The van der Waals surface area contributed by atoms with E-state index in [0.717, 1.165) is 44.9 Å². The van der Waals surface area contributed by atoms with Gasteiger partial charge in [0, 0.05) is 18.3 Å². The van der Waals surface area contributed by atoms with Crippen molar-refractivity contribution in [2.45, 2.75) is 83.8 Å². The fraction of sp³-hybridized carbons (Fsp3) is 0.783. The van der Waals surface area contributed by atoms with Gasteiger partial charge in [-0.05, 0) is 61.7 Å². The Labute approximate surface area is 172 Å². The summed E-state index contributed by atoms with van der Waals surface area (Å²) < 4.78 is 5.57. The molecule has 4 aliphatic carbocycles. The number of hydrogen-bond acceptors (Lipinski definition) is 5. The van der Waals surface area contributed by atoms with Crippen molar-refractivity contribution in [2.24, 2.45) is 34.3 Å². The lowest BCUT2D eigenvalue weighted by atomic mass is 9.48. The molecule has 4 aliphatic rings. The molecule has 0 radical (unpaired) electrons. The molecule has 0 aromatic carbocycles. The Kier molecular flexibility index (Phi) is 5.12. The van der Waals surface area contributed by atoms with E-state index in [1.165, 1.54) is 5.57 Å². The van der Waals surface area contributed by atoms with Crippen LogP contribution in [0.1, 0.15) is 71.6 Å². The number of nitrogens with two attached hydrogens (primary N) is 1. The van der Waals surface area contributed by atoms with Crippen LogP contribution in [0.2, 0.25) is 0 Å². The monoisotopic (exact) mass is 403 g/mol. The Morgan fingerprint density at radius 1 is 1.21 bits per heavy atom. The average molecular weight is 404 g/mol. The van der Waals surface area contributed by atoms with E-state index in [4.69, 9.17) is 15.6 Å². The van der Waals surface area contributed by atoms with Crippen LogP contribution in [0.25, 0.3) is 0 Å². The number of carbonyl (C=O) groups excluding carboxylic acids is 2. The number of carboxylic acids is 1. The topological polar surface area (TPSA) is 107 Å². The van der Waals surface area contributed by atoms with E-state index in [-0.39, 0.29) is 16.9 Å². The number of ketones is 1. The standard InChI is InChI=1S/C23H33NO5/c1-22-9-7-14(29-21(28)18(24)12-20(26)27)11-13(22)3-4-15-16-5-6-19(25)23(16,2)10-8-17(15)22/h3,14-18H,4-12,24H2,1-2H3,(H,26,27)/t14?,15?,16?,17?,18?,22-,23-/m0/s1. The van der Waals surface area contributed by atoms with Crippen LogP contribution >= 0.6 is 0 Å². The predicted octanol–water partition coefficient (Wildman–Crippen LogP) is 3.23. The number of allylic oxidation sites excluding steroid dienone is 1. The fourth-order valence-corrected chi connectivity index (χ4v) is 7.02. The zero-order chi connectivity index (χ0) is 21.0. The van der Waals surface area contributed by atoms with E-state index in [1.54, 1.807) is 0 Å². The summed E-state index contributed by atoms with van der Waals surface area (Å²) in [4.78, 5) is 35.4. The molecule has 7 atom stereocenters. The summed E-state index contributed by atoms with van der Waals surface area (Å²) in [6.07, 6.45) is 9.08. The number of aliphatic carboxylic acids is 1. The Balaban J connectivity index is 1.46. The molecular formula is C23H33NO5. The average Bonchev–Trinajstić information content (AvgIpc) is 2.96. The summed E-state index contributed by atoms with van der Waals surface area (Å²) in [6.45, 7) is 4.56. The molecule has 0 aliphatic heterocycles. The Morgan fingerprint density at radius 2 is 1.90 bits per heavy atom. The maximum Gasteiger partial charge on any atom is 0.323 e. The number of carboxylic acid groups (broad SMARTS) is 1. The molecular weight excluding hydrogens is 370 g/mol. The molecule has 0 aromatic rings. The van der Waals surface area contributed by atoms with Crippen LogP contribution in [-0.2, 0) is 19.1 Å². The minimum absolute atomic E-state index is 0.113. The molecule has 29 heavy (non-hydrogen) atoms. The van der Waals surface area contributed by atoms with Crippen LogP contribution < -0.4 is 5.73 Å². The highest BCUT2D eigenvalue weighted by atomic mass is 16.5. The molecule has 3 saturated carbocycles. The third-order valence-corrected chi connectivity index (χ3v) is 8.75. The van der Waals surface area contributed by atoms with E-state index in [1.807, 2.05) is 0 Å². The zero-order valence-electron chi connectivity index (χ0n) is 17.5. The summed E-state index contributed by atoms with van der Waals surface area (Å²) in [5.41, 5.74) is 7.03. The van der Waals surface area contributed by atoms with Crippen LogP contribution in [0.3, 0.4) is 0 Å². The van der Waals surface area contributed by atoms with Gasteiger partial charge in [0.05, 0.1) is 6.42 Å². The summed E-state index contributed by atoms with van der Waals surface area (Å²) in [5.74, 6) is 0.436. The Morgan fingerprint density at radius 3 is 2.62 bits per heavy atom. The Hall–Kier alpha value is -1.69. The van der Waals surface area contributed by atoms with Gasteiger partial charge >= 0.3 is 11.9 Å². The van der Waals surface area contributed by atoms with Gasteiger partial charge < -0.3 is 15.6 Å². The van der Waals surface area contributed by atoms with Crippen molar-refractivity contribution in [2.75, 3.05) is 0 Å². The lowest BCUT2D eigenvalue weighted by molar-refractivity contribution is -0.155. The minimum Gasteiger partial charge on any atom is -0.481 e. The molecule has 0 saturated heterocycles. The molecule has 5 unspecified atom stereocenters. The first-order chi connectivity index (χ1) is 13.6. The van der Waals surface area contributed by atoms with Crippen molar-refractivity contribution in [3.63, 3.8) is 0 Å². The van der Waals surface area contributed by atoms with Crippen LogP contribution in [0.15, 0.2) is 11.6 Å². The third kappa shape index (κ3) is 3.33. The van der Waals surface area contributed by atoms with E-state index in [2.05, 4.69) is 19.9 Å². The van der Waals surface area contributed by atoms with Crippen molar-refractivity contribution in [1.82, 2.24) is 0 Å². The number of Topliss-reactive ketones (excluding diaryl/α,β-unsaturated/α-hetero) is 1. The van der Waals surface area contributed by atoms with Gasteiger partial charge in [-0.15, -0.1) is 0 Å². The van der Waals surface area contributed by atoms with Crippen molar-refractivity contribution in [1.29, 1.82) is 0 Å². The van der Waals surface area contributed by atoms with Gasteiger partial charge in [-0.1, -0.05) is 25.5 Å². The SMILES string of the molecule is C[C@]12CCC(OC(=O)C(N)CC(=O)O)CC1=CCC1C2CC[C@]2(C)C(=O)CCC12. The van der Waals surface area contributed by atoms with Crippen LogP contribution in [0.5, 0.6) is 0 Å². The first-order valence-corrected chi connectivity index (χ1v) is 11.1. The van der Waals surface area contributed by atoms with E-state index in [9.17, 15) is 14.4 Å². The van der Waals surface area contributed by atoms with Gasteiger partial charge in [0.2, 0.25) is 0 Å². The molecule has 0 bridgehead atoms. The normalized spacial score (nSPS) is 42.2. The summed E-state index contributed by atoms with van der Waals surface area (Å²) in [6, 6.07) is -1.11. The quantitative estimate of drug-likeness (QED) is 0.551. The van der Waals surface area contributed by atoms with Crippen LogP contribution in [0.4, 0.5) is 0 Å². The molecule has 6 nitrogen and oxygen atoms in total. The van der Waals surface area contributed by atoms with Crippen LogP contribution in [-0.4, -0.2) is 35.0 Å². The maximum atomic E-state index is 12.5. The molecule has 4 rings (SSSR count). The highest BCUT2D eigenvalue weighted by Crippen LogP contribution is 2.64. The zero-order valence-corrected chi connectivity index (χ0v) is 17.5. The van der Waals surface area contributed by atoms with Gasteiger partial charge in [-0.2, -0.15) is 0 Å². The van der Waals surface area contributed by atoms with Crippen molar-refractivity contribution in [3.05, 3.63) is 11.6 Å². The second-order valence-corrected chi connectivity index (χ2v) is 10.2. The molecule has 0 aromatic heterocycles. The van der Waals surface area contributed by atoms with E-state index >= 15 is 0 Å². The molecule has 0 heterocycles. The van der Waals surface area contributed by atoms with Crippen molar-refractivity contribution < 1.29 is 24.2 Å². The predicted molar refractivity (Wildman–Crippen MR) is 107 cm³/mol. The van der Waals surface area contributed by atoms with E-state index < -0.39 is 24.4 Å². The van der Waals surface area contributed by atoms with Gasteiger partial charge in [0.15, 0.2) is 0 Å². The van der Waals surface area contributed by atoms with Gasteiger partial charge in [0.1, 0.15) is 17.9 Å². The lowest BCUT2D eigenvalue weighted by Gasteiger charge is -2.56. The number of esters is 1. The highest BCUT2D eigenvalue weighted by Gasteiger charge is 2.58. The van der Waals surface area contributed by atoms with Crippen LogP contribution in [0, 0.1) is 28.6 Å². The first kappa shape index (κ1) is 20.6. The molecule has 3 N–H and O–H groups in total. The lowest BCUT2D eigenvalue weighted by Crippen LogP contribution is -2.51. The van der Waals surface area contributed by atoms with Gasteiger partial charge in [-0.3, -0.25) is 14.4 Å². The minimum atomic E-state index is -1.11. The van der Waals surface area contributed by atoms with Crippen molar-refractivity contribution >= 4 is 17.7 Å². The molecule has 160 valence electrons. The molecule has 0 amide bonds.